The van der Waals surface area contributed by atoms with E-state index >= 15 is 0 Å². The van der Waals surface area contributed by atoms with Crippen LogP contribution in [0.25, 0.3) is 10.9 Å². The van der Waals surface area contributed by atoms with Gasteiger partial charge in [0.15, 0.2) is 0 Å². The van der Waals surface area contributed by atoms with Gasteiger partial charge in [0.25, 0.3) is 5.91 Å². The van der Waals surface area contributed by atoms with Crippen molar-refractivity contribution >= 4 is 16.8 Å². The summed E-state index contributed by atoms with van der Waals surface area (Å²) in [5.74, 6) is 1.42. The Kier molecular flexibility index (Phi) is 5.91. The van der Waals surface area contributed by atoms with Crippen molar-refractivity contribution in [2.75, 3.05) is 20.3 Å². The van der Waals surface area contributed by atoms with Crippen LogP contribution in [0.2, 0.25) is 0 Å². The van der Waals surface area contributed by atoms with Crippen LogP contribution in [0, 0.1) is 6.92 Å². The van der Waals surface area contributed by atoms with Gasteiger partial charge in [-0.2, -0.15) is 0 Å². The average Bonchev–Trinajstić information content (AvgIpc) is 2.71. The van der Waals surface area contributed by atoms with Crippen molar-refractivity contribution in [3.05, 3.63) is 65.4 Å². The molecule has 140 valence electrons. The van der Waals surface area contributed by atoms with Crippen molar-refractivity contribution in [3.63, 3.8) is 0 Å². The Hall–Kier alpha value is -3.08. The van der Waals surface area contributed by atoms with Crippen molar-refractivity contribution in [1.29, 1.82) is 0 Å². The van der Waals surface area contributed by atoms with Crippen LogP contribution in [0.1, 0.15) is 28.5 Å². The molecule has 3 rings (SSSR count). The summed E-state index contributed by atoms with van der Waals surface area (Å²) >= 11 is 0. The van der Waals surface area contributed by atoms with Gasteiger partial charge in [0.2, 0.25) is 0 Å². The highest BCUT2D eigenvalue weighted by atomic mass is 16.5. The van der Waals surface area contributed by atoms with E-state index in [4.69, 9.17) is 9.47 Å². The van der Waals surface area contributed by atoms with E-state index in [2.05, 4.69) is 17.2 Å². The fourth-order valence-corrected chi connectivity index (χ4v) is 3.09. The molecule has 1 heterocycles. The Labute approximate surface area is 159 Å². The van der Waals surface area contributed by atoms with Crippen molar-refractivity contribution < 1.29 is 14.3 Å². The van der Waals surface area contributed by atoms with Crippen LogP contribution < -0.4 is 14.8 Å². The number of pyridine rings is 1. The molecule has 0 aliphatic rings. The van der Waals surface area contributed by atoms with E-state index in [1.165, 1.54) is 0 Å². The second-order valence-electron chi connectivity index (χ2n) is 6.21. The fraction of sp³-hybridized carbons (Fsp3) is 0.273. The van der Waals surface area contributed by atoms with Crippen molar-refractivity contribution in [2.24, 2.45) is 0 Å². The smallest absolute Gasteiger partial charge is 0.252 e. The summed E-state index contributed by atoms with van der Waals surface area (Å²) in [5.41, 5.74) is 3.43. The number of nitrogens with one attached hydrogen (secondary N) is 1. The third kappa shape index (κ3) is 4.19. The minimum absolute atomic E-state index is 0.0980. The van der Waals surface area contributed by atoms with Crippen molar-refractivity contribution in [2.45, 2.75) is 20.3 Å². The molecular weight excluding hydrogens is 340 g/mol. The molecule has 1 N–H and O–H groups in total. The second-order valence-corrected chi connectivity index (χ2v) is 6.21. The van der Waals surface area contributed by atoms with Gasteiger partial charge < -0.3 is 14.8 Å². The standard InChI is InChI=1S/C22H24N2O3/c1-4-19-15(2)21(18-7-5-6-8-20(18)24-19)22(25)23-13-14-27-17-11-9-16(26-3)10-12-17/h5-12H,4,13-14H2,1-3H3,(H,23,25). The Morgan fingerprint density at radius 1 is 1.07 bits per heavy atom. The van der Waals surface area contributed by atoms with E-state index in [0.717, 1.165) is 40.1 Å². The number of aromatic nitrogens is 1. The SMILES string of the molecule is CCc1nc2ccccc2c(C(=O)NCCOc2ccc(OC)cc2)c1C. The first-order chi connectivity index (χ1) is 13.1. The molecule has 0 atom stereocenters. The Morgan fingerprint density at radius 2 is 1.78 bits per heavy atom. The third-order valence-electron chi connectivity index (χ3n) is 4.51. The van der Waals surface area contributed by atoms with Crippen LogP contribution >= 0.6 is 0 Å². The second kappa shape index (κ2) is 8.54. The van der Waals surface area contributed by atoms with Gasteiger partial charge in [-0.3, -0.25) is 9.78 Å². The van der Waals surface area contributed by atoms with E-state index in [9.17, 15) is 4.79 Å². The van der Waals surface area contributed by atoms with Gasteiger partial charge >= 0.3 is 0 Å². The summed E-state index contributed by atoms with van der Waals surface area (Å²) in [7, 11) is 1.63. The molecular formula is C22H24N2O3. The number of nitrogens with zero attached hydrogens (tertiary/aromatic N) is 1. The van der Waals surface area contributed by atoms with Crippen LogP contribution in [0.4, 0.5) is 0 Å². The summed E-state index contributed by atoms with van der Waals surface area (Å²) in [4.78, 5) is 17.5. The maximum atomic E-state index is 12.8. The van der Waals surface area contributed by atoms with Crippen LogP contribution in [-0.2, 0) is 6.42 Å². The summed E-state index contributed by atoms with van der Waals surface area (Å²) in [6.07, 6.45) is 0.789. The number of ether oxygens (including phenoxy) is 2. The number of methoxy groups -OCH3 is 1. The topological polar surface area (TPSA) is 60.5 Å². The van der Waals surface area contributed by atoms with Gasteiger partial charge in [0, 0.05) is 11.1 Å². The minimum Gasteiger partial charge on any atom is -0.497 e. The molecule has 2 aromatic carbocycles. The van der Waals surface area contributed by atoms with Gasteiger partial charge in [0.1, 0.15) is 18.1 Å². The van der Waals surface area contributed by atoms with Crippen LogP contribution in [0.3, 0.4) is 0 Å². The van der Waals surface area contributed by atoms with Crippen molar-refractivity contribution in [1.82, 2.24) is 10.3 Å². The molecule has 3 aromatic rings. The number of aryl methyl sites for hydroxylation is 1. The maximum absolute atomic E-state index is 12.8. The normalized spacial score (nSPS) is 10.6. The molecule has 0 fully saturated rings. The third-order valence-corrected chi connectivity index (χ3v) is 4.51. The zero-order valence-electron chi connectivity index (χ0n) is 15.9. The number of carbonyl (C=O) groups is 1. The number of fused-ring (bicyclic) bond motifs is 1. The number of para-hydroxylation sites is 1. The van der Waals surface area contributed by atoms with E-state index in [0.29, 0.717) is 18.7 Å². The summed E-state index contributed by atoms with van der Waals surface area (Å²) < 4.78 is 10.8. The number of hydrogen-bond acceptors (Lipinski definition) is 4. The van der Waals surface area contributed by atoms with Crippen LogP contribution in [-0.4, -0.2) is 31.2 Å². The largest absolute Gasteiger partial charge is 0.497 e. The lowest BCUT2D eigenvalue weighted by Crippen LogP contribution is -2.29. The van der Waals surface area contributed by atoms with Gasteiger partial charge in [0.05, 0.1) is 24.7 Å². The number of rotatable bonds is 7. The number of benzene rings is 2. The quantitative estimate of drug-likeness (QED) is 0.646. The monoisotopic (exact) mass is 364 g/mol. The zero-order chi connectivity index (χ0) is 19.2. The number of carbonyl (C=O) groups excluding carboxylic acids is 1. The van der Waals surface area contributed by atoms with Gasteiger partial charge in [-0.25, -0.2) is 0 Å². The molecule has 0 aliphatic carbocycles. The fourth-order valence-electron chi connectivity index (χ4n) is 3.09. The molecule has 27 heavy (non-hydrogen) atoms. The van der Waals surface area contributed by atoms with E-state index < -0.39 is 0 Å². The molecule has 0 spiro atoms. The highest BCUT2D eigenvalue weighted by Crippen LogP contribution is 2.23. The highest BCUT2D eigenvalue weighted by Gasteiger charge is 2.16. The predicted molar refractivity (Wildman–Crippen MR) is 107 cm³/mol. The van der Waals surface area contributed by atoms with Crippen LogP contribution in [0.5, 0.6) is 11.5 Å². The van der Waals surface area contributed by atoms with Crippen molar-refractivity contribution in [3.8, 4) is 11.5 Å². The maximum Gasteiger partial charge on any atom is 0.252 e. The summed E-state index contributed by atoms with van der Waals surface area (Å²) in [5, 5.41) is 3.84. The average molecular weight is 364 g/mol. The zero-order valence-corrected chi connectivity index (χ0v) is 15.9. The van der Waals surface area contributed by atoms with Gasteiger partial charge in [-0.15, -0.1) is 0 Å². The van der Waals surface area contributed by atoms with Gasteiger partial charge in [-0.1, -0.05) is 25.1 Å². The van der Waals surface area contributed by atoms with Gasteiger partial charge in [-0.05, 0) is 49.2 Å². The molecule has 1 amide bonds. The first-order valence-electron chi connectivity index (χ1n) is 9.07. The number of hydrogen-bond donors (Lipinski definition) is 1. The van der Waals surface area contributed by atoms with E-state index in [1.807, 2.05) is 55.5 Å². The molecule has 0 saturated heterocycles. The lowest BCUT2D eigenvalue weighted by molar-refractivity contribution is 0.0948. The summed E-state index contributed by atoms with van der Waals surface area (Å²) in [6, 6.07) is 15.1. The first-order valence-corrected chi connectivity index (χ1v) is 9.07. The molecule has 5 nitrogen and oxygen atoms in total. The lowest BCUT2D eigenvalue weighted by atomic mass is 9.99. The molecule has 0 bridgehead atoms. The molecule has 1 aromatic heterocycles. The van der Waals surface area contributed by atoms with Crippen LogP contribution in [0.15, 0.2) is 48.5 Å². The molecule has 0 unspecified atom stereocenters. The Balaban J connectivity index is 1.68. The minimum atomic E-state index is -0.0980. The molecule has 0 radical (unpaired) electrons. The van der Waals surface area contributed by atoms with E-state index in [1.54, 1.807) is 7.11 Å². The highest BCUT2D eigenvalue weighted by molar-refractivity contribution is 6.07. The predicted octanol–water partition coefficient (Wildman–Crippen LogP) is 3.92. The Bertz CT molecular complexity index is 936. The van der Waals surface area contributed by atoms with E-state index in [-0.39, 0.29) is 5.91 Å². The summed E-state index contributed by atoms with van der Waals surface area (Å²) in [6.45, 7) is 4.82. The lowest BCUT2D eigenvalue weighted by Gasteiger charge is -2.14. The molecule has 0 saturated carbocycles. The molecule has 0 aliphatic heterocycles. The Morgan fingerprint density at radius 3 is 2.48 bits per heavy atom. The number of amides is 1. The molecule has 5 heteroatoms. The first kappa shape index (κ1) is 18.7.